The summed E-state index contributed by atoms with van der Waals surface area (Å²) in [6, 6.07) is 11.6. The number of ether oxygens (including phenoxy) is 1. The number of carboxylic acids is 1. The van der Waals surface area contributed by atoms with Crippen molar-refractivity contribution >= 4 is 17.6 Å². The van der Waals surface area contributed by atoms with Crippen LogP contribution in [0.3, 0.4) is 0 Å². The van der Waals surface area contributed by atoms with Crippen LogP contribution in [-0.2, 0) is 4.79 Å². The van der Waals surface area contributed by atoms with Gasteiger partial charge in [-0.05, 0) is 54.8 Å². The van der Waals surface area contributed by atoms with E-state index in [2.05, 4.69) is 5.32 Å². The van der Waals surface area contributed by atoms with Crippen molar-refractivity contribution in [2.45, 2.75) is 13.8 Å². The third-order valence-electron chi connectivity index (χ3n) is 2.95. The fraction of sp³-hybridized carbons (Fsp3) is 0.176. The Balaban J connectivity index is 1.95. The van der Waals surface area contributed by atoms with E-state index < -0.39 is 5.97 Å². The van der Waals surface area contributed by atoms with E-state index in [0.717, 1.165) is 11.1 Å². The van der Waals surface area contributed by atoms with E-state index in [1.807, 2.05) is 32.0 Å². The second kappa shape index (κ2) is 6.76. The molecule has 0 atom stereocenters. The van der Waals surface area contributed by atoms with Crippen molar-refractivity contribution in [2.24, 2.45) is 0 Å². The average Bonchev–Trinajstić information content (AvgIpc) is 2.44. The summed E-state index contributed by atoms with van der Waals surface area (Å²) < 4.78 is 5.44. The first-order valence-electron chi connectivity index (χ1n) is 6.76. The highest BCUT2D eigenvalue weighted by Crippen LogP contribution is 2.16. The zero-order chi connectivity index (χ0) is 16.1. The highest BCUT2D eigenvalue weighted by molar-refractivity contribution is 5.94. The van der Waals surface area contributed by atoms with Crippen LogP contribution in [0.25, 0.3) is 0 Å². The minimum atomic E-state index is -1.29. The Hall–Kier alpha value is -2.82. The van der Waals surface area contributed by atoms with Crippen LogP contribution < -0.4 is 15.2 Å². The summed E-state index contributed by atoms with van der Waals surface area (Å²) in [5.41, 5.74) is 2.50. The van der Waals surface area contributed by atoms with Crippen molar-refractivity contribution in [3.8, 4) is 5.75 Å². The van der Waals surface area contributed by atoms with E-state index in [0.29, 0.717) is 11.4 Å². The second-order valence-electron chi connectivity index (χ2n) is 5.03. The van der Waals surface area contributed by atoms with Gasteiger partial charge in [-0.1, -0.05) is 18.2 Å². The molecule has 0 spiro atoms. The van der Waals surface area contributed by atoms with Gasteiger partial charge in [-0.15, -0.1) is 0 Å². The fourth-order valence-corrected chi connectivity index (χ4v) is 2.09. The molecule has 0 saturated heterocycles. The van der Waals surface area contributed by atoms with Crippen LogP contribution in [0.1, 0.15) is 21.5 Å². The van der Waals surface area contributed by atoms with Crippen molar-refractivity contribution in [3.05, 3.63) is 59.2 Å². The van der Waals surface area contributed by atoms with Crippen molar-refractivity contribution in [1.29, 1.82) is 0 Å². The molecule has 0 aliphatic carbocycles. The SMILES string of the molecule is Cc1cc(C)cc(OCC(=O)Nc2cccc(C(=O)[O-])c2)c1. The minimum absolute atomic E-state index is 0.00743. The number of anilines is 1. The number of rotatable bonds is 5. The van der Waals surface area contributed by atoms with Crippen LogP contribution in [0.4, 0.5) is 5.69 Å². The zero-order valence-electron chi connectivity index (χ0n) is 12.4. The van der Waals surface area contributed by atoms with Gasteiger partial charge < -0.3 is 20.0 Å². The minimum Gasteiger partial charge on any atom is -0.545 e. The number of nitrogens with one attached hydrogen (secondary N) is 1. The lowest BCUT2D eigenvalue weighted by molar-refractivity contribution is -0.255. The first kappa shape index (κ1) is 15.6. The maximum atomic E-state index is 11.8. The number of carbonyl (C=O) groups excluding carboxylic acids is 2. The molecule has 2 aromatic carbocycles. The van der Waals surface area contributed by atoms with Crippen LogP contribution in [0.2, 0.25) is 0 Å². The highest BCUT2D eigenvalue weighted by atomic mass is 16.5. The summed E-state index contributed by atoms with van der Waals surface area (Å²) in [4.78, 5) is 22.6. The molecule has 0 aliphatic heterocycles. The molecule has 1 N–H and O–H groups in total. The lowest BCUT2D eigenvalue weighted by atomic mass is 10.1. The zero-order valence-corrected chi connectivity index (χ0v) is 12.4. The number of hydrogen-bond donors (Lipinski definition) is 1. The van der Waals surface area contributed by atoms with E-state index in [9.17, 15) is 14.7 Å². The fourth-order valence-electron chi connectivity index (χ4n) is 2.09. The molecule has 22 heavy (non-hydrogen) atoms. The molecule has 2 aromatic rings. The molecule has 0 saturated carbocycles. The molecule has 0 fully saturated rings. The van der Waals surface area contributed by atoms with E-state index in [4.69, 9.17) is 4.74 Å². The number of aryl methyl sites for hydroxylation is 2. The number of carbonyl (C=O) groups is 2. The Labute approximate surface area is 128 Å². The van der Waals surface area contributed by atoms with Gasteiger partial charge in [0, 0.05) is 5.69 Å². The Bertz CT molecular complexity index is 689. The third kappa shape index (κ3) is 4.34. The summed E-state index contributed by atoms with van der Waals surface area (Å²) >= 11 is 0. The van der Waals surface area contributed by atoms with Crippen molar-refractivity contribution < 1.29 is 19.4 Å². The molecule has 0 aliphatic rings. The number of aromatic carboxylic acids is 1. The molecule has 0 radical (unpaired) electrons. The molecule has 1 amide bonds. The summed E-state index contributed by atoms with van der Waals surface area (Å²) in [6.07, 6.45) is 0. The number of carboxylic acid groups (broad SMARTS) is 1. The van der Waals surface area contributed by atoms with Gasteiger partial charge >= 0.3 is 0 Å². The Morgan fingerprint density at radius 3 is 2.41 bits per heavy atom. The molecule has 5 nitrogen and oxygen atoms in total. The normalized spacial score (nSPS) is 10.1. The van der Waals surface area contributed by atoms with Crippen LogP contribution in [0.15, 0.2) is 42.5 Å². The van der Waals surface area contributed by atoms with E-state index in [1.165, 1.54) is 18.2 Å². The van der Waals surface area contributed by atoms with Crippen LogP contribution in [0, 0.1) is 13.8 Å². The maximum absolute atomic E-state index is 11.8. The first-order chi connectivity index (χ1) is 10.4. The van der Waals surface area contributed by atoms with Crippen LogP contribution in [0.5, 0.6) is 5.75 Å². The lowest BCUT2D eigenvalue weighted by Gasteiger charge is -2.10. The Morgan fingerprint density at radius 1 is 1.09 bits per heavy atom. The summed E-state index contributed by atoms with van der Waals surface area (Å²) in [6.45, 7) is 3.75. The lowest BCUT2D eigenvalue weighted by Crippen LogP contribution is -2.23. The molecule has 2 rings (SSSR count). The molecule has 0 aromatic heterocycles. The van der Waals surface area contributed by atoms with Gasteiger partial charge in [-0.2, -0.15) is 0 Å². The highest BCUT2D eigenvalue weighted by Gasteiger charge is 2.05. The smallest absolute Gasteiger partial charge is 0.262 e. The van der Waals surface area contributed by atoms with Crippen molar-refractivity contribution in [3.63, 3.8) is 0 Å². The third-order valence-corrected chi connectivity index (χ3v) is 2.95. The monoisotopic (exact) mass is 298 g/mol. The summed E-state index contributed by atoms with van der Waals surface area (Å²) in [5.74, 6) is -1.03. The topological polar surface area (TPSA) is 78.5 Å². The molecule has 0 bridgehead atoms. The Morgan fingerprint density at radius 2 is 1.77 bits per heavy atom. The van der Waals surface area contributed by atoms with Gasteiger partial charge in [0.25, 0.3) is 5.91 Å². The van der Waals surface area contributed by atoms with Crippen LogP contribution in [-0.4, -0.2) is 18.5 Å². The molecule has 0 heterocycles. The van der Waals surface area contributed by atoms with Gasteiger partial charge in [0.05, 0.1) is 5.97 Å². The standard InChI is InChI=1S/C17H17NO4/c1-11-6-12(2)8-15(7-11)22-10-16(19)18-14-5-3-4-13(9-14)17(20)21/h3-9H,10H2,1-2H3,(H,18,19)(H,20,21)/p-1. The van der Waals surface area contributed by atoms with Gasteiger partial charge in [-0.25, -0.2) is 0 Å². The van der Waals surface area contributed by atoms with Crippen molar-refractivity contribution in [1.82, 2.24) is 0 Å². The molecule has 114 valence electrons. The first-order valence-corrected chi connectivity index (χ1v) is 6.76. The van der Waals surface area contributed by atoms with Gasteiger partial charge in [0.2, 0.25) is 0 Å². The average molecular weight is 298 g/mol. The van der Waals surface area contributed by atoms with Crippen molar-refractivity contribution in [2.75, 3.05) is 11.9 Å². The molecular weight excluding hydrogens is 282 g/mol. The molecular formula is C17H16NO4-. The van der Waals surface area contributed by atoms with Gasteiger partial charge in [0.15, 0.2) is 6.61 Å². The van der Waals surface area contributed by atoms with Gasteiger partial charge in [0.1, 0.15) is 5.75 Å². The maximum Gasteiger partial charge on any atom is 0.262 e. The Kier molecular flexibility index (Phi) is 4.78. The van der Waals surface area contributed by atoms with E-state index >= 15 is 0 Å². The van der Waals surface area contributed by atoms with E-state index in [-0.39, 0.29) is 18.1 Å². The summed E-state index contributed by atoms with van der Waals surface area (Å²) in [5, 5.41) is 13.3. The van der Waals surface area contributed by atoms with Crippen LogP contribution >= 0.6 is 0 Å². The number of hydrogen-bond acceptors (Lipinski definition) is 4. The predicted molar refractivity (Wildman–Crippen MR) is 80.8 cm³/mol. The molecule has 5 heteroatoms. The number of benzene rings is 2. The molecule has 0 unspecified atom stereocenters. The van der Waals surface area contributed by atoms with E-state index in [1.54, 1.807) is 6.07 Å². The number of amides is 1. The van der Waals surface area contributed by atoms with Gasteiger partial charge in [-0.3, -0.25) is 4.79 Å². The summed E-state index contributed by atoms with van der Waals surface area (Å²) in [7, 11) is 0. The quantitative estimate of drug-likeness (QED) is 0.911. The second-order valence-corrected chi connectivity index (χ2v) is 5.03. The predicted octanol–water partition coefficient (Wildman–Crippen LogP) is 1.68. The largest absolute Gasteiger partial charge is 0.545 e.